The van der Waals surface area contributed by atoms with Gasteiger partial charge in [-0.15, -0.1) is 0 Å². The number of hydrogen-bond acceptors (Lipinski definition) is 2. The Morgan fingerprint density at radius 1 is 1.11 bits per heavy atom. The van der Waals surface area contributed by atoms with Gasteiger partial charge in [-0.3, -0.25) is 9.59 Å². The molecule has 140 valence electrons. The van der Waals surface area contributed by atoms with Crippen molar-refractivity contribution in [3.8, 4) is 0 Å². The standard InChI is InChI=1S/C23H26N2O2/c1-3-24(18-11-6-8-16(2)14-18)22(26)19-15-20(19)23(27)25-13-7-10-17-9-4-5-12-21(17)25/h4-6,8-9,11-12,14,19-20H,3,7,10,13,15H2,1-2H3. The Morgan fingerprint density at radius 3 is 2.70 bits per heavy atom. The summed E-state index contributed by atoms with van der Waals surface area (Å²) < 4.78 is 0. The van der Waals surface area contributed by atoms with Crippen molar-refractivity contribution in [3.63, 3.8) is 0 Å². The van der Waals surface area contributed by atoms with Gasteiger partial charge in [-0.05, 0) is 62.4 Å². The summed E-state index contributed by atoms with van der Waals surface area (Å²) in [5.41, 5.74) is 4.31. The van der Waals surface area contributed by atoms with E-state index in [2.05, 4.69) is 6.07 Å². The van der Waals surface area contributed by atoms with Crippen molar-refractivity contribution in [2.24, 2.45) is 11.8 Å². The fraction of sp³-hybridized carbons (Fsp3) is 0.391. The van der Waals surface area contributed by atoms with Crippen LogP contribution < -0.4 is 9.80 Å². The molecule has 0 radical (unpaired) electrons. The van der Waals surface area contributed by atoms with Gasteiger partial charge in [0.1, 0.15) is 0 Å². The molecular weight excluding hydrogens is 336 g/mol. The highest BCUT2D eigenvalue weighted by atomic mass is 16.2. The van der Waals surface area contributed by atoms with Crippen LogP contribution >= 0.6 is 0 Å². The van der Waals surface area contributed by atoms with Gasteiger partial charge in [0.05, 0.1) is 11.8 Å². The van der Waals surface area contributed by atoms with E-state index in [1.54, 1.807) is 0 Å². The van der Waals surface area contributed by atoms with Crippen LogP contribution in [0.4, 0.5) is 11.4 Å². The lowest BCUT2D eigenvalue weighted by Gasteiger charge is -2.30. The Balaban J connectivity index is 1.49. The quantitative estimate of drug-likeness (QED) is 0.826. The molecule has 0 bridgehead atoms. The molecule has 27 heavy (non-hydrogen) atoms. The van der Waals surface area contributed by atoms with Crippen molar-refractivity contribution in [1.82, 2.24) is 0 Å². The smallest absolute Gasteiger partial charge is 0.230 e. The van der Waals surface area contributed by atoms with Crippen LogP contribution in [0.15, 0.2) is 48.5 Å². The minimum atomic E-state index is -0.188. The maximum absolute atomic E-state index is 13.1. The van der Waals surface area contributed by atoms with Gasteiger partial charge in [0, 0.05) is 24.5 Å². The monoisotopic (exact) mass is 362 g/mol. The van der Waals surface area contributed by atoms with Crippen molar-refractivity contribution in [2.75, 3.05) is 22.9 Å². The lowest BCUT2D eigenvalue weighted by Crippen LogP contribution is -2.38. The second-order valence-electron chi connectivity index (χ2n) is 7.59. The topological polar surface area (TPSA) is 40.6 Å². The molecule has 4 heteroatoms. The number of nitrogens with zero attached hydrogens (tertiary/aromatic N) is 2. The number of anilines is 2. The minimum absolute atomic E-state index is 0.0757. The number of fused-ring (bicyclic) bond motifs is 1. The lowest BCUT2D eigenvalue weighted by atomic mass is 10.0. The molecule has 1 aliphatic heterocycles. The van der Waals surface area contributed by atoms with Crippen molar-refractivity contribution in [3.05, 3.63) is 59.7 Å². The molecule has 1 heterocycles. The summed E-state index contributed by atoms with van der Waals surface area (Å²) in [6, 6.07) is 16.1. The van der Waals surface area contributed by atoms with Crippen LogP contribution in [-0.2, 0) is 16.0 Å². The fourth-order valence-electron chi connectivity index (χ4n) is 4.17. The van der Waals surface area contributed by atoms with Crippen LogP contribution in [-0.4, -0.2) is 24.9 Å². The highest BCUT2D eigenvalue weighted by Gasteiger charge is 2.51. The van der Waals surface area contributed by atoms with Crippen LogP contribution in [0.25, 0.3) is 0 Å². The SMILES string of the molecule is CCN(C(=O)C1CC1C(=O)N1CCCc2ccccc21)c1cccc(C)c1. The third kappa shape index (κ3) is 3.36. The lowest BCUT2D eigenvalue weighted by molar-refractivity contribution is -0.124. The van der Waals surface area contributed by atoms with Crippen molar-refractivity contribution in [1.29, 1.82) is 0 Å². The normalized spacial score (nSPS) is 20.7. The molecular formula is C23H26N2O2. The highest BCUT2D eigenvalue weighted by Crippen LogP contribution is 2.43. The van der Waals surface area contributed by atoms with E-state index < -0.39 is 0 Å². The zero-order valence-corrected chi connectivity index (χ0v) is 16.0. The molecule has 0 saturated heterocycles. The molecule has 0 spiro atoms. The van der Waals surface area contributed by atoms with Crippen molar-refractivity contribution < 1.29 is 9.59 Å². The molecule has 0 aromatic heterocycles. The van der Waals surface area contributed by atoms with E-state index in [-0.39, 0.29) is 23.7 Å². The van der Waals surface area contributed by atoms with Gasteiger partial charge < -0.3 is 9.80 Å². The minimum Gasteiger partial charge on any atom is -0.312 e. The highest BCUT2D eigenvalue weighted by molar-refractivity contribution is 6.05. The maximum Gasteiger partial charge on any atom is 0.230 e. The predicted molar refractivity (Wildman–Crippen MR) is 108 cm³/mol. The van der Waals surface area contributed by atoms with Crippen LogP contribution in [0.5, 0.6) is 0 Å². The number of aryl methyl sites for hydroxylation is 2. The summed E-state index contributed by atoms with van der Waals surface area (Å²) >= 11 is 0. The molecule has 1 aliphatic carbocycles. The van der Waals surface area contributed by atoms with Gasteiger partial charge >= 0.3 is 0 Å². The van der Waals surface area contributed by atoms with E-state index in [9.17, 15) is 9.59 Å². The Morgan fingerprint density at radius 2 is 1.93 bits per heavy atom. The molecule has 2 aromatic carbocycles. The van der Waals surface area contributed by atoms with Gasteiger partial charge in [0.15, 0.2) is 0 Å². The summed E-state index contributed by atoms with van der Waals surface area (Å²) in [6.07, 6.45) is 2.67. The number of carbonyl (C=O) groups excluding carboxylic acids is 2. The Bertz CT molecular complexity index is 876. The van der Waals surface area contributed by atoms with Crippen LogP contribution in [0.1, 0.15) is 30.9 Å². The van der Waals surface area contributed by atoms with E-state index in [1.165, 1.54) is 5.56 Å². The zero-order valence-electron chi connectivity index (χ0n) is 16.0. The molecule has 2 aromatic rings. The van der Waals surface area contributed by atoms with E-state index in [0.29, 0.717) is 13.0 Å². The first-order valence-electron chi connectivity index (χ1n) is 9.87. The first-order valence-corrected chi connectivity index (χ1v) is 9.87. The first-order chi connectivity index (χ1) is 13.1. The summed E-state index contributed by atoms with van der Waals surface area (Å²) in [6.45, 7) is 5.38. The zero-order chi connectivity index (χ0) is 19.0. The molecule has 4 rings (SSSR count). The average molecular weight is 362 g/mol. The summed E-state index contributed by atoms with van der Waals surface area (Å²) in [5, 5.41) is 0. The number of para-hydroxylation sites is 1. The van der Waals surface area contributed by atoms with Crippen LogP contribution in [0.3, 0.4) is 0 Å². The number of rotatable bonds is 4. The van der Waals surface area contributed by atoms with E-state index in [0.717, 1.165) is 36.3 Å². The molecule has 1 fully saturated rings. The molecule has 1 saturated carbocycles. The summed E-state index contributed by atoms with van der Waals surface area (Å²) in [7, 11) is 0. The number of hydrogen-bond donors (Lipinski definition) is 0. The molecule has 2 unspecified atom stereocenters. The second-order valence-corrected chi connectivity index (χ2v) is 7.59. The third-order valence-corrected chi connectivity index (χ3v) is 5.70. The van der Waals surface area contributed by atoms with Crippen LogP contribution in [0, 0.1) is 18.8 Å². The molecule has 2 aliphatic rings. The predicted octanol–water partition coefficient (Wildman–Crippen LogP) is 3.96. The van der Waals surface area contributed by atoms with Crippen molar-refractivity contribution in [2.45, 2.75) is 33.1 Å². The summed E-state index contributed by atoms with van der Waals surface area (Å²) in [5.74, 6) is -0.179. The molecule has 4 nitrogen and oxygen atoms in total. The first kappa shape index (κ1) is 17.8. The Kier molecular flexibility index (Phi) is 4.73. The van der Waals surface area contributed by atoms with E-state index >= 15 is 0 Å². The van der Waals surface area contributed by atoms with Gasteiger partial charge in [-0.1, -0.05) is 30.3 Å². The van der Waals surface area contributed by atoms with E-state index in [1.807, 2.05) is 66.1 Å². The summed E-state index contributed by atoms with van der Waals surface area (Å²) in [4.78, 5) is 29.9. The van der Waals surface area contributed by atoms with Gasteiger partial charge in [-0.2, -0.15) is 0 Å². The van der Waals surface area contributed by atoms with Gasteiger partial charge in [0.2, 0.25) is 11.8 Å². The number of benzene rings is 2. The van der Waals surface area contributed by atoms with Crippen LogP contribution in [0.2, 0.25) is 0 Å². The molecule has 2 amide bonds. The Labute approximate surface area is 160 Å². The third-order valence-electron chi connectivity index (χ3n) is 5.70. The maximum atomic E-state index is 13.1. The van der Waals surface area contributed by atoms with Crippen molar-refractivity contribution >= 4 is 23.2 Å². The molecule has 2 atom stereocenters. The molecule has 0 N–H and O–H groups in total. The van der Waals surface area contributed by atoms with Gasteiger partial charge in [-0.25, -0.2) is 0 Å². The largest absolute Gasteiger partial charge is 0.312 e. The van der Waals surface area contributed by atoms with Gasteiger partial charge in [0.25, 0.3) is 0 Å². The Hall–Kier alpha value is -2.62. The number of amides is 2. The fourth-order valence-corrected chi connectivity index (χ4v) is 4.17. The number of carbonyl (C=O) groups is 2. The second kappa shape index (κ2) is 7.18. The average Bonchev–Trinajstić information content (AvgIpc) is 3.48. The van der Waals surface area contributed by atoms with E-state index in [4.69, 9.17) is 0 Å².